The van der Waals surface area contributed by atoms with Crippen LogP contribution in [0.1, 0.15) is 32.3 Å². The number of carbonyl (C=O) groups excluding carboxylic acids is 1. The molecule has 2 heterocycles. The first-order chi connectivity index (χ1) is 10.3. The quantitative estimate of drug-likeness (QED) is 0.779. The Hall–Kier alpha value is -1.64. The molecule has 0 unspecified atom stereocenters. The van der Waals surface area contributed by atoms with E-state index in [4.69, 9.17) is 4.74 Å². The fraction of sp³-hybridized carbons (Fsp3) is 0.400. The molecule has 0 atom stereocenters. The summed E-state index contributed by atoms with van der Waals surface area (Å²) in [4.78, 5) is 25.6. The highest BCUT2D eigenvalue weighted by Crippen LogP contribution is 2.24. The number of aromatic amines is 1. The molecule has 0 bridgehead atoms. The molecular formula is C15H19IN4O2. The predicted octanol–water partition coefficient (Wildman–Crippen LogP) is 3.66. The molecule has 6 nitrogen and oxygen atoms in total. The van der Waals surface area contributed by atoms with Crippen molar-refractivity contribution < 1.29 is 9.53 Å². The van der Waals surface area contributed by atoms with E-state index in [1.54, 1.807) is 18.6 Å². The number of carbonyl (C=O) groups is 1. The van der Waals surface area contributed by atoms with Crippen molar-refractivity contribution >= 4 is 34.4 Å². The summed E-state index contributed by atoms with van der Waals surface area (Å²) in [6.07, 6.45) is 4.72. The molecule has 118 valence electrons. The van der Waals surface area contributed by atoms with Gasteiger partial charge in [-0.15, -0.1) is 0 Å². The maximum absolute atomic E-state index is 12.6. The molecule has 0 fully saturated rings. The summed E-state index contributed by atoms with van der Waals surface area (Å²) < 4.78 is 6.42. The number of nitrogens with one attached hydrogen (secondary N) is 1. The van der Waals surface area contributed by atoms with Crippen LogP contribution in [0.3, 0.4) is 0 Å². The van der Waals surface area contributed by atoms with Gasteiger partial charge in [-0.3, -0.25) is 9.88 Å². The Kier molecular flexibility index (Phi) is 5.05. The number of hydrogen-bond acceptors (Lipinski definition) is 4. The van der Waals surface area contributed by atoms with Gasteiger partial charge in [0.25, 0.3) is 0 Å². The van der Waals surface area contributed by atoms with Crippen LogP contribution in [-0.4, -0.2) is 26.6 Å². The second-order valence-corrected chi connectivity index (χ2v) is 7.04. The summed E-state index contributed by atoms with van der Waals surface area (Å²) in [6, 6.07) is 1.85. The molecule has 22 heavy (non-hydrogen) atoms. The molecule has 0 saturated carbocycles. The van der Waals surface area contributed by atoms with E-state index in [2.05, 4.69) is 37.5 Å². The van der Waals surface area contributed by atoms with Crippen molar-refractivity contribution in [2.24, 2.45) is 0 Å². The van der Waals surface area contributed by atoms with E-state index in [-0.39, 0.29) is 0 Å². The fourth-order valence-corrected chi connectivity index (χ4v) is 2.42. The van der Waals surface area contributed by atoms with Gasteiger partial charge < -0.3 is 9.72 Å². The molecule has 0 aromatic carbocycles. The molecule has 1 N–H and O–H groups in total. The Labute approximate surface area is 143 Å². The van der Waals surface area contributed by atoms with Gasteiger partial charge in [-0.25, -0.2) is 9.78 Å². The molecule has 0 aliphatic heterocycles. The van der Waals surface area contributed by atoms with Crippen LogP contribution < -0.4 is 4.90 Å². The minimum Gasteiger partial charge on any atom is -0.443 e. The number of aryl methyl sites for hydroxylation is 1. The van der Waals surface area contributed by atoms with Crippen molar-refractivity contribution in [3.05, 3.63) is 39.7 Å². The van der Waals surface area contributed by atoms with Gasteiger partial charge >= 0.3 is 6.09 Å². The van der Waals surface area contributed by atoms with Crippen LogP contribution in [0.2, 0.25) is 0 Å². The minimum atomic E-state index is -0.567. The summed E-state index contributed by atoms with van der Waals surface area (Å²) in [5.74, 6) is 0.697. The zero-order valence-corrected chi connectivity index (χ0v) is 15.2. The number of rotatable bonds is 3. The normalized spacial score (nSPS) is 11.3. The number of hydrogen-bond donors (Lipinski definition) is 1. The van der Waals surface area contributed by atoms with Crippen LogP contribution in [-0.2, 0) is 11.3 Å². The van der Waals surface area contributed by atoms with Crippen LogP contribution in [0.4, 0.5) is 10.5 Å². The van der Waals surface area contributed by atoms with E-state index in [1.807, 2.05) is 33.8 Å². The maximum Gasteiger partial charge on any atom is 0.415 e. The van der Waals surface area contributed by atoms with E-state index < -0.39 is 11.7 Å². The van der Waals surface area contributed by atoms with E-state index in [0.717, 1.165) is 9.26 Å². The largest absolute Gasteiger partial charge is 0.443 e. The summed E-state index contributed by atoms with van der Waals surface area (Å²) in [5, 5.41) is 0. The van der Waals surface area contributed by atoms with Crippen molar-refractivity contribution in [1.29, 1.82) is 0 Å². The Bertz CT molecular complexity index is 664. The Balaban J connectivity index is 2.32. The van der Waals surface area contributed by atoms with Crippen LogP contribution in [0.15, 0.2) is 24.7 Å². The molecule has 1 amide bonds. The smallest absolute Gasteiger partial charge is 0.415 e. The predicted molar refractivity (Wildman–Crippen MR) is 92.7 cm³/mol. The van der Waals surface area contributed by atoms with Gasteiger partial charge in [0.2, 0.25) is 0 Å². The third-order valence-corrected chi connectivity index (χ3v) is 3.63. The minimum absolute atomic E-state index is 0.296. The molecule has 2 rings (SSSR count). The number of pyridine rings is 1. The van der Waals surface area contributed by atoms with Crippen molar-refractivity contribution in [2.75, 3.05) is 4.90 Å². The third kappa shape index (κ3) is 4.43. The highest BCUT2D eigenvalue weighted by molar-refractivity contribution is 14.1. The van der Waals surface area contributed by atoms with Crippen molar-refractivity contribution in [1.82, 2.24) is 15.0 Å². The van der Waals surface area contributed by atoms with Crippen LogP contribution in [0.25, 0.3) is 0 Å². The molecule has 2 aromatic heterocycles. The maximum atomic E-state index is 12.6. The van der Waals surface area contributed by atoms with Gasteiger partial charge in [0, 0.05) is 16.0 Å². The lowest BCUT2D eigenvalue weighted by molar-refractivity contribution is 0.0576. The number of H-pyrrole nitrogens is 1. The number of imidazole rings is 1. The van der Waals surface area contributed by atoms with Gasteiger partial charge in [-0.2, -0.15) is 0 Å². The molecule has 0 radical (unpaired) electrons. The van der Waals surface area contributed by atoms with E-state index in [9.17, 15) is 4.79 Å². The second-order valence-electron chi connectivity index (χ2n) is 5.88. The van der Waals surface area contributed by atoms with E-state index in [0.29, 0.717) is 18.1 Å². The lowest BCUT2D eigenvalue weighted by Gasteiger charge is -2.27. The van der Waals surface area contributed by atoms with Gasteiger partial charge in [-0.1, -0.05) is 0 Å². The highest BCUT2D eigenvalue weighted by Gasteiger charge is 2.25. The van der Waals surface area contributed by atoms with Gasteiger partial charge in [0.1, 0.15) is 11.4 Å². The molecule has 2 aromatic rings. The summed E-state index contributed by atoms with van der Waals surface area (Å²) >= 11 is 2.17. The third-order valence-electron chi connectivity index (χ3n) is 2.72. The number of halogens is 1. The molecule has 0 spiro atoms. The molecular weight excluding hydrogens is 395 g/mol. The van der Waals surface area contributed by atoms with Gasteiger partial charge in [-0.05, 0) is 56.4 Å². The Morgan fingerprint density at radius 1 is 1.45 bits per heavy atom. The van der Waals surface area contributed by atoms with E-state index >= 15 is 0 Å². The molecule has 0 aliphatic carbocycles. The standard InChI is InChI=1S/C15H19IN4O2/c1-10-7-18-13(19-10)9-20(14(21)22-15(2,3)4)12-8-17-6-5-11(12)16/h5-8H,9H2,1-4H3,(H,18,19). The van der Waals surface area contributed by atoms with Crippen LogP contribution in [0.5, 0.6) is 0 Å². The topological polar surface area (TPSA) is 71.1 Å². The Morgan fingerprint density at radius 2 is 2.18 bits per heavy atom. The highest BCUT2D eigenvalue weighted by atomic mass is 127. The van der Waals surface area contributed by atoms with Crippen molar-refractivity contribution in [3.63, 3.8) is 0 Å². The second kappa shape index (κ2) is 6.64. The van der Waals surface area contributed by atoms with Crippen LogP contribution in [0, 0.1) is 10.5 Å². The molecule has 0 saturated heterocycles. The van der Waals surface area contributed by atoms with Crippen molar-refractivity contribution in [3.8, 4) is 0 Å². The lowest BCUT2D eigenvalue weighted by Crippen LogP contribution is -2.37. The summed E-state index contributed by atoms with van der Waals surface area (Å²) in [5.41, 5.74) is 1.01. The zero-order valence-electron chi connectivity index (χ0n) is 13.1. The fourth-order valence-electron chi connectivity index (χ4n) is 1.83. The number of ether oxygens (including phenoxy) is 1. The number of amides is 1. The average Bonchev–Trinajstić information content (AvgIpc) is 2.80. The Morgan fingerprint density at radius 3 is 2.73 bits per heavy atom. The zero-order chi connectivity index (χ0) is 16.3. The van der Waals surface area contributed by atoms with Gasteiger partial charge in [0.15, 0.2) is 0 Å². The van der Waals surface area contributed by atoms with E-state index in [1.165, 1.54) is 4.90 Å². The molecule has 7 heteroatoms. The first-order valence-corrected chi connectivity index (χ1v) is 7.95. The van der Waals surface area contributed by atoms with Crippen LogP contribution >= 0.6 is 22.6 Å². The number of anilines is 1. The first-order valence-electron chi connectivity index (χ1n) is 6.87. The monoisotopic (exact) mass is 414 g/mol. The first kappa shape index (κ1) is 16.7. The van der Waals surface area contributed by atoms with Gasteiger partial charge in [0.05, 0.1) is 24.1 Å². The average molecular weight is 414 g/mol. The van der Waals surface area contributed by atoms with Crippen molar-refractivity contribution in [2.45, 2.75) is 39.8 Å². The summed E-state index contributed by atoms with van der Waals surface area (Å²) in [6.45, 7) is 7.72. The SMILES string of the molecule is Cc1c[nH]c(CN(C(=O)OC(C)(C)C)c2cnccc2I)n1. The number of nitrogens with zero attached hydrogens (tertiary/aromatic N) is 3. The number of aromatic nitrogens is 3. The summed E-state index contributed by atoms with van der Waals surface area (Å²) in [7, 11) is 0. The lowest BCUT2D eigenvalue weighted by atomic mass is 10.2. The molecule has 0 aliphatic rings.